The molecular weight excluding hydrogens is 212 g/mol. The average molecular weight is 236 g/mol. The summed E-state index contributed by atoms with van der Waals surface area (Å²) in [6, 6.07) is 0. The molecule has 0 aromatic carbocycles. The highest BCUT2D eigenvalue weighted by molar-refractivity contribution is 7.89. The quantitative estimate of drug-likeness (QED) is 0.586. The molecule has 0 fully saturated rings. The number of rotatable bonds is 9. The third kappa shape index (κ3) is 10.2. The molecule has 0 rings (SSSR count). The zero-order valence-electron chi connectivity index (χ0n) is 10.0. The van der Waals surface area contributed by atoms with E-state index in [2.05, 4.69) is 23.9 Å². The van der Waals surface area contributed by atoms with E-state index in [9.17, 15) is 8.42 Å². The Kier molecular flexibility index (Phi) is 8.00. The predicted molar refractivity (Wildman–Crippen MR) is 64.4 cm³/mol. The molecule has 0 aliphatic carbocycles. The van der Waals surface area contributed by atoms with E-state index in [4.69, 9.17) is 0 Å². The van der Waals surface area contributed by atoms with Gasteiger partial charge in [-0.15, -0.1) is 0 Å². The molecule has 0 saturated carbocycles. The Hall–Kier alpha value is -0.130. The van der Waals surface area contributed by atoms with Gasteiger partial charge in [0.2, 0.25) is 10.0 Å². The van der Waals surface area contributed by atoms with Gasteiger partial charge >= 0.3 is 0 Å². The van der Waals surface area contributed by atoms with Crippen LogP contribution in [0, 0.1) is 5.92 Å². The normalized spacial score (nSPS) is 12.3. The molecule has 0 aliphatic rings. The zero-order valence-corrected chi connectivity index (χ0v) is 10.9. The van der Waals surface area contributed by atoms with Crippen LogP contribution in [0.15, 0.2) is 0 Å². The fourth-order valence-corrected chi connectivity index (χ4v) is 2.29. The van der Waals surface area contributed by atoms with Crippen molar-refractivity contribution in [2.75, 3.05) is 25.9 Å². The lowest BCUT2D eigenvalue weighted by Crippen LogP contribution is -2.31. The van der Waals surface area contributed by atoms with Gasteiger partial charge in [-0.05, 0) is 19.4 Å². The van der Waals surface area contributed by atoms with Crippen LogP contribution in [0.25, 0.3) is 0 Å². The third-order valence-electron chi connectivity index (χ3n) is 2.15. The van der Waals surface area contributed by atoms with E-state index < -0.39 is 10.0 Å². The molecule has 0 saturated heterocycles. The van der Waals surface area contributed by atoms with Crippen molar-refractivity contribution in [3.8, 4) is 0 Å². The predicted octanol–water partition coefficient (Wildman–Crippen LogP) is 0.951. The van der Waals surface area contributed by atoms with Gasteiger partial charge in [-0.2, -0.15) is 0 Å². The van der Waals surface area contributed by atoms with Crippen LogP contribution >= 0.6 is 0 Å². The Labute approximate surface area is 93.9 Å². The summed E-state index contributed by atoms with van der Waals surface area (Å²) in [4.78, 5) is 0. The molecule has 15 heavy (non-hydrogen) atoms. The number of hydrogen-bond acceptors (Lipinski definition) is 3. The van der Waals surface area contributed by atoms with E-state index in [0.717, 1.165) is 19.3 Å². The topological polar surface area (TPSA) is 58.2 Å². The van der Waals surface area contributed by atoms with Gasteiger partial charge in [0.15, 0.2) is 0 Å². The summed E-state index contributed by atoms with van der Waals surface area (Å²) >= 11 is 0. The maximum absolute atomic E-state index is 11.3. The molecule has 0 radical (unpaired) electrons. The van der Waals surface area contributed by atoms with Crippen LogP contribution in [0.1, 0.15) is 33.1 Å². The number of unbranched alkanes of at least 4 members (excludes halogenated alkanes) is 1. The summed E-state index contributed by atoms with van der Waals surface area (Å²) in [6.45, 7) is 5.42. The number of hydrogen-bond donors (Lipinski definition) is 2. The summed E-state index contributed by atoms with van der Waals surface area (Å²) < 4.78 is 25.3. The monoisotopic (exact) mass is 236 g/mol. The summed E-state index contributed by atoms with van der Waals surface area (Å²) in [5.41, 5.74) is 0. The minimum atomic E-state index is -3.06. The van der Waals surface area contributed by atoms with Gasteiger partial charge < -0.3 is 5.32 Å². The van der Waals surface area contributed by atoms with Crippen LogP contribution in [0.3, 0.4) is 0 Å². The lowest BCUT2D eigenvalue weighted by molar-refractivity contribution is 0.530. The van der Waals surface area contributed by atoms with E-state index in [1.165, 1.54) is 0 Å². The van der Waals surface area contributed by atoms with Crippen molar-refractivity contribution < 1.29 is 8.42 Å². The highest BCUT2D eigenvalue weighted by Gasteiger charge is 2.07. The summed E-state index contributed by atoms with van der Waals surface area (Å²) in [5.74, 6) is 0.860. The molecule has 0 unspecified atom stereocenters. The molecule has 4 nitrogen and oxygen atoms in total. The van der Waals surface area contributed by atoms with Gasteiger partial charge in [-0.3, -0.25) is 0 Å². The van der Waals surface area contributed by atoms with Gasteiger partial charge in [0.05, 0.1) is 5.75 Å². The Balaban J connectivity index is 3.49. The van der Waals surface area contributed by atoms with Gasteiger partial charge in [0.1, 0.15) is 0 Å². The minimum Gasteiger partial charge on any atom is -0.319 e. The third-order valence-corrected chi connectivity index (χ3v) is 3.54. The first-order chi connectivity index (χ1) is 6.98. The summed E-state index contributed by atoms with van der Waals surface area (Å²) in [6.07, 6.45) is 3.18. The average Bonchev–Trinajstić information content (AvgIpc) is 2.14. The van der Waals surface area contributed by atoms with Crippen LogP contribution in [-0.2, 0) is 10.0 Å². The van der Waals surface area contributed by atoms with Gasteiger partial charge in [-0.25, -0.2) is 13.1 Å². The van der Waals surface area contributed by atoms with E-state index in [1.54, 1.807) is 7.05 Å². The standard InChI is InChI=1S/C10H24N2O2S/c1-10(2)6-4-5-7-12-15(13,14)9-8-11-3/h10-12H,4-9H2,1-3H3. The van der Waals surface area contributed by atoms with Crippen molar-refractivity contribution in [3.05, 3.63) is 0 Å². The van der Waals surface area contributed by atoms with E-state index >= 15 is 0 Å². The maximum atomic E-state index is 11.3. The Morgan fingerprint density at radius 2 is 1.80 bits per heavy atom. The van der Waals surface area contributed by atoms with E-state index in [0.29, 0.717) is 19.0 Å². The van der Waals surface area contributed by atoms with Crippen LogP contribution in [0.5, 0.6) is 0 Å². The van der Waals surface area contributed by atoms with Crippen LogP contribution in [0.4, 0.5) is 0 Å². The first kappa shape index (κ1) is 14.9. The Morgan fingerprint density at radius 3 is 2.33 bits per heavy atom. The second kappa shape index (κ2) is 8.07. The molecular formula is C10H24N2O2S. The highest BCUT2D eigenvalue weighted by Crippen LogP contribution is 2.05. The molecule has 0 spiro atoms. The molecule has 0 heterocycles. The molecule has 2 N–H and O–H groups in total. The van der Waals surface area contributed by atoms with Crippen molar-refractivity contribution in [1.82, 2.24) is 10.0 Å². The lowest BCUT2D eigenvalue weighted by atomic mass is 10.1. The molecule has 0 amide bonds. The van der Waals surface area contributed by atoms with Crippen LogP contribution in [0.2, 0.25) is 0 Å². The van der Waals surface area contributed by atoms with E-state index in [1.807, 2.05) is 0 Å². The van der Waals surface area contributed by atoms with Crippen molar-refractivity contribution in [2.45, 2.75) is 33.1 Å². The molecule has 0 aromatic rings. The lowest BCUT2D eigenvalue weighted by Gasteiger charge is -2.07. The highest BCUT2D eigenvalue weighted by atomic mass is 32.2. The summed E-state index contributed by atoms with van der Waals surface area (Å²) in [5, 5.41) is 2.82. The second-order valence-corrected chi connectivity index (χ2v) is 6.13. The SMILES string of the molecule is CNCCS(=O)(=O)NCCCCC(C)C. The zero-order chi connectivity index (χ0) is 11.7. The maximum Gasteiger partial charge on any atom is 0.212 e. The van der Waals surface area contributed by atoms with Gasteiger partial charge in [-0.1, -0.05) is 26.7 Å². The minimum absolute atomic E-state index is 0.160. The van der Waals surface area contributed by atoms with Crippen LogP contribution in [-0.4, -0.2) is 34.3 Å². The molecule has 5 heteroatoms. The number of nitrogens with one attached hydrogen (secondary N) is 2. The molecule has 0 bridgehead atoms. The first-order valence-electron chi connectivity index (χ1n) is 5.60. The second-order valence-electron chi connectivity index (χ2n) is 4.21. The molecule has 92 valence electrons. The van der Waals surface area contributed by atoms with Crippen molar-refractivity contribution in [3.63, 3.8) is 0 Å². The molecule has 0 aliphatic heterocycles. The van der Waals surface area contributed by atoms with Crippen molar-refractivity contribution in [2.24, 2.45) is 5.92 Å². The Morgan fingerprint density at radius 1 is 1.13 bits per heavy atom. The Bertz CT molecular complexity index is 238. The van der Waals surface area contributed by atoms with Gasteiger partial charge in [0.25, 0.3) is 0 Å². The largest absolute Gasteiger partial charge is 0.319 e. The first-order valence-corrected chi connectivity index (χ1v) is 7.25. The number of sulfonamides is 1. The molecule has 0 aromatic heterocycles. The fourth-order valence-electron chi connectivity index (χ4n) is 1.21. The van der Waals surface area contributed by atoms with Crippen molar-refractivity contribution in [1.29, 1.82) is 0 Å². The van der Waals surface area contributed by atoms with Gasteiger partial charge in [0, 0.05) is 13.1 Å². The van der Waals surface area contributed by atoms with Crippen molar-refractivity contribution >= 4 is 10.0 Å². The van der Waals surface area contributed by atoms with E-state index in [-0.39, 0.29) is 5.75 Å². The molecule has 0 atom stereocenters. The van der Waals surface area contributed by atoms with Crippen LogP contribution < -0.4 is 10.0 Å². The summed E-state index contributed by atoms with van der Waals surface area (Å²) in [7, 11) is -1.31. The smallest absolute Gasteiger partial charge is 0.212 e. The fraction of sp³-hybridized carbons (Fsp3) is 1.00.